The molecule has 0 saturated heterocycles. The van der Waals surface area contributed by atoms with Crippen LogP contribution in [0.4, 0.5) is 5.69 Å². The molecule has 2 heteroatoms. The van der Waals surface area contributed by atoms with E-state index >= 15 is 0 Å². The van der Waals surface area contributed by atoms with E-state index in [0.29, 0.717) is 6.04 Å². The number of hydrogen-bond donors (Lipinski definition) is 1. The smallest absolute Gasteiger partial charge is 0.0487 e. The summed E-state index contributed by atoms with van der Waals surface area (Å²) in [6, 6.07) is 4.78. The minimum absolute atomic E-state index is 0.575. The minimum Gasteiger partial charge on any atom is -0.382 e. The van der Waals surface area contributed by atoms with Crippen molar-refractivity contribution in [3.05, 3.63) is 28.3 Å². The molecule has 1 aromatic carbocycles. The third-order valence-electron chi connectivity index (χ3n) is 2.67. The van der Waals surface area contributed by atoms with Crippen molar-refractivity contribution in [1.82, 2.24) is 0 Å². The van der Waals surface area contributed by atoms with E-state index < -0.39 is 0 Å². The molecule has 1 N–H and O–H groups in total. The van der Waals surface area contributed by atoms with Crippen LogP contribution in [0.3, 0.4) is 0 Å². The summed E-state index contributed by atoms with van der Waals surface area (Å²) in [6.07, 6.45) is 2.28. The van der Waals surface area contributed by atoms with Crippen LogP contribution in [-0.2, 0) is 6.42 Å². The molecule has 1 heterocycles. The zero-order chi connectivity index (χ0) is 9.42. The molecule has 0 amide bonds. The Balaban J connectivity index is 2.47. The van der Waals surface area contributed by atoms with Gasteiger partial charge in [0, 0.05) is 16.8 Å². The van der Waals surface area contributed by atoms with Crippen molar-refractivity contribution in [3.63, 3.8) is 0 Å². The van der Waals surface area contributed by atoms with Gasteiger partial charge in [-0.1, -0.05) is 17.7 Å². The van der Waals surface area contributed by atoms with Gasteiger partial charge in [0.15, 0.2) is 0 Å². The first-order valence-electron chi connectivity index (χ1n) is 4.73. The topological polar surface area (TPSA) is 12.0 Å². The largest absolute Gasteiger partial charge is 0.382 e. The second-order valence-corrected chi connectivity index (χ2v) is 4.18. The highest BCUT2D eigenvalue weighted by molar-refractivity contribution is 6.32. The van der Waals surface area contributed by atoms with Crippen LogP contribution in [0.15, 0.2) is 12.1 Å². The van der Waals surface area contributed by atoms with E-state index in [9.17, 15) is 0 Å². The van der Waals surface area contributed by atoms with E-state index in [1.54, 1.807) is 0 Å². The number of nitrogens with one attached hydrogen (secondary N) is 1. The molecule has 1 aromatic rings. The molecule has 2 rings (SSSR count). The Bertz CT molecular complexity index is 333. The summed E-state index contributed by atoms with van der Waals surface area (Å²) in [5.41, 5.74) is 3.69. The molecule has 0 spiro atoms. The summed E-state index contributed by atoms with van der Waals surface area (Å²) in [7, 11) is 0. The Morgan fingerprint density at radius 3 is 3.00 bits per heavy atom. The molecule has 70 valence electrons. The Hall–Kier alpha value is -0.690. The third-order valence-corrected chi connectivity index (χ3v) is 3.19. The standard InChI is InChI=1S/C11H14ClN/c1-7-3-6-10-9(11(7)12)5-4-8(2)13-10/h3,6,8,13H,4-5H2,1-2H3. The molecule has 0 bridgehead atoms. The fourth-order valence-electron chi connectivity index (χ4n) is 1.82. The summed E-state index contributed by atoms with van der Waals surface area (Å²) in [6.45, 7) is 4.26. The lowest BCUT2D eigenvalue weighted by Gasteiger charge is -2.25. The van der Waals surface area contributed by atoms with Crippen molar-refractivity contribution < 1.29 is 0 Å². The predicted molar refractivity (Wildman–Crippen MR) is 57.6 cm³/mol. The minimum atomic E-state index is 0.575. The number of fused-ring (bicyclic) bond motifs is 1. The summed E-state index contributed by atoms with van der Waals surface area (Å²) in [5, 5.41) is 4.38. The van der Waals surface area contributed by atoms with Crippen LogP contribution in [0, 0.1) is 6.92 Å². The highest BCUT2D eigenvalue weighted by Crippen LogP contribution is 2.32. The summed E-state index contributed by atoms with van der Waals surface area (Å²) < 4.78 is 0. The number of rotatable bonds is 0. The van der Waals surface area contributed by atoms with Gasteiger partial charge in [-0.3, -0.25) is 0 Å². The van der Waals surface area contributed by atoms with Gasteiger partial charge in [-0.15, -0.1) is 0 Å². The average molecular weight is 196 g/mol. The van der Waals surface area contributed by atoms with E-state index in [1.807, 2.05) is 0 Å². The molecule has 0 saturated carbocycles. The molecule has 0 aromatic heterocycles. The fraction of sp³-hybridized carbons (Fsp3) is 0.455. The Labute approximate surface area is 84.1 Å². The Kier molecular flexibility index (Phi) is 2.20. The highest BCUT2D eigenvalue weighted by atomic mass is 35.5. The normalized spacial score (nSPS) is 20.7. The van der Waals surface area contributed by atoms with Gasteiger partial charge in [-0.2, -0.15) is 0 Å². The molecular weight excluding hydrogens is 182 g/mol. The van der Waals surface area contributed by atoms with Crippen LogP contribution in [-0.4, -0.2) is 6.04 Å². The molecule has 0 fully saturated rings. The quantitative estimate of drug-likeness (QED) is 0.669. The first kappa shape index (κ1) is 8.89. The summed E-state index contributed by atoms with van der Waals surface area (Å²) >= 11 is 6.22. The lowest BCUT2D eigenvalue weighted by atomic mass is 9.97. The zero-order valence-electron chi connectivity index (χ0n) is 8.02. The predicted octanol–water partition coefficient (Wildman–Crippen LogP) is 3.40. The molecule has 0 aliphatic carbocycles. The van der Waals surface area contributed by atoms with Gasteiger partial charge in [-0.25, -0.2) is 0 Å². The SMILES string of the molecule is Cc1ccc2c(c1Cl)CCC(C)N2. The molecule has 1 aliphatic rings. The van der Waals surface area contributed by atoms with Gasteiger partial charge >= 0.3 is 0 Å². The zero-order valence-corrected chi connectivity index (χ0v) is 8.78. The molecule has 1 aliphatic heterocycles. The van der Waals surface area contributed by atoms with Gasteiger partial charge in [0.1, 0.15) is 0 Å². The Morgan fingerprint density at radius 2 is 2.23 bits per heavy atom. The molecule has 13 heavy (non-hydrogen) atoms. The van der Waals surface area contributed by atoms with Crippen LogP contribution < -0.4 is 5.32 Å². The van der Waals surface area contributed by atoms with E-state index in [2.05, 4.69) is 31.3 Å². The van der Waals surface area contributed by atoms with E-state index in [-0.39, 0.29) is 0 Å². The number of benzene rings is 1. The van der Waals surface area contributed by atoms with Crippen molar-refractivity contribution in [1.29, 1.82) is 0 Å². The number of anilines is 1. The summed E-state index contributed by atoms with van der Waals surface area (Å²) in [5.74, 6) is 0. The first-order valence-corrected chi connectivity index (χ1v) is 5.11. The molecule has 0 radical (unpaired) electrons. The van der Waals surface area contributed by atoms with Gasteiger partial charge in [-0.05, 0) is 43.9 Å². The molecule has 1 atom stereocenters. The number of halogens is 1. The average Bonchev–Trinajstić information content (AvgIpc) is 2.12. The highest BCUT2D eigenvalue weighted by Gasteiger charge is 2.16. The molecular formula is C11H14ClN. The molecule has 1 unspecified atom stereocenters. The number of aryl methyl sites for hydroxylation is 1. The third kappa shape index (κ3) is 1.53. The lowest BCUT2D eigenvalue weighted by Crippen LogP contribution is -2.22. The van der Waals surface area contributed by atoms with Crippen molar-refractivity contribution in [3.8, 4) is 0 Å². The van der Waals surface area contributed by atoms with Crippen molar-refractivity contribution in [2.24, 2.45) is 0 Å². The van der Waals surface area contributed by atoms with Crippen LogP contribution in [0.25, 0.3) is 0 Å². The first-order chi connectivity index (χ1) is 6.18. The van der Waals surface area contributed by atoms with Crippen molar-refractivity contribution >= 4 is 17.3 Å². The fourth-order valence-corrected chi connectivity index (χ4v) is 2.08. The van der Waals surface area contributed by atoms with Crippen LogP contribution in [0.5, 0.6) is 0 Å². The maximum atomic E-state index is 6.22. The van der Waals surface area contributed by atoms with Crippen LogP contribution >= 0.6 is 11.6 Å². The van der Waals surface area contributed by atoms with Gasteiger partial charge in [0.05, 0.1) is 0 Å². The second-order valence-electron chi connectivity index (χ2n) is 3.81. The van der Waals surface area contributed by atoms with Crippen LogP contribution in [0.2, 0.25) is 5.02 Å². The van der Waals surface area contributed by atoms with Crippen molar-refractivity contribution in [2.45, 2.75) is 32.7 Å². The number of hydrogen-bond acceptors (Lipinski definition) is 1. The lowest BCUT2D eigenvalue weighted by molar-refractivity contribution is 0.681. The van der Waals surface area contributed by atoms with E-state index in [0.717, 1.165) is 11.4 Å². The van der Waals surface area contributed by atoms with E-state index in [1.165, 1.54) is 23.2 Å². The van der Waals surface area contributed by atoms with Gasteiger partial charge < -0.3 is 5.32 Å². The second kappa shape index (κ2) is 3.22. The van der Waals surface area contributed by atoms with Gasteiger partial charge in [0.25, 0.3) is 0 Å². The van der Waals surface area contributed by atoms with Crippen molar-refractivity contribution in [2.75, 3.05) is 5.32 Å². The maximum absolute atomic E-state index is 6.22. The Morgan fingerprint density at radius 1 is 1.46 bits per heavy atom. The monoisotopic (exact) mass is 195 g/mol. The maximum Gasteiger partial charge on any atom is 0.0487 e. The summed E-state index contributed by atoms with van der Waals surface area (Å²) in [4.78, 5) is 0. The van der Waals surface area contributed by atoms with Crippen LogP contribution in [0.1, 0.15) is 24.5 Å². The molecule has 1 nitrogen and oxygen atoms in total. The van der Waals surface area contributed by atoms with Gasteiger partial charge in [0.2, 0.25) is 0 Å². The van der Waals surface area contributed by atoms with E-state index in [4.69, 9.17) is 11.6 Å².